The molecule has 2 N–H and O–H groups in total. The first-order valence-electron chi connectivity index (χ1n) is 8.06. The Balaban J connectivity index is 1.54. The van der Waals surface area contributed by atoms with Gasteiger partial charge in [0.05, 0.1) is 29.0 Å². The van der Waals surface area contributed by atoms with E-state index in [0.29, 0.717) is 18.2 Å². The van der Waals surface area contributed by atoms with Gasteiger partial charge in [-0.2, -0.15) is 0 Å². The molecule has 0 spiro atoms. The number of nitrogens with one attached hydrogen (secondary N) is 1. The minimum absolute atomic E-state index is 0.139. The molecular weight excluding hydrogens is 290 g/mol. The summed E-state index contributed by atoms with van der Waals surface area (Å²) in [4.78, 5) is 20.7. The molecule has 2 aromatic rings. The van der Waals surface area contributed by atoms with Gasteiger partial charge in [-0.25, -0.2) is 4.98 Å². The Morgan fingerprint density at radius 1 is 1.30 bits per heavy atom. The lowest BCUT2D eigenvalue weighted by atomic mass is 9.87. The molecule has 1 fully saturated rings. The zero-order chi connectivity index (χ0) is 16.1. The van der Waals surface area contributed by atoms with Gasteiger partial charge in [-0.05, 0) is 43.4 Å². The molecule has 0 bridgehead atoms. The van der Waals surface area contributed by atoms with Crippen LogP contribution >= 0.6 is 0 Å². The fourth-order valence-corrected chi connectivity index (χ4v) is 2.96. The number of nitrogens with zero attached hydrogens (tertiary/aromatic N) is 2. The summed E-state index contributed by atoms with van der Waals surface area (Å²) in [6.07, 6.45) is 8.35. The molecule has 120 valence electrons. The highest BCUT2D eigenvalue weighted by Gasteiger charge is 2.20. The largest absolute Gasteiger partial charge is 0.393 e. The number of carbonyl (C=O) groups excluding carboxylic acids is 1. The lowest BCUT2D eigenvalue weighted by Crippen LogP contribution is -2.32. The van der Waals surface area contributed by atoms with E-state index in [0.717, 1.165) is 36.7 Å². The van der Waals surface area contributed by atoms with Crippen LogP contribution in [0.4, 0.5) is 0 Å². The maximum absolute atomic E-state index is 11.9. The predicted octanol–water partition coefficient (Wildman–Crippen LogP) is 2.31. The summed E-state index contributed by atoms with van der Waals surface area (Å²) in [5.41, 5.74) is 2.31. The molecule has 1 aromatic carbocycles. The second-order valence-electron chi connectivity index (χ2n) is 6.05. The van der Waals surface area contributed by atoms with Gasteiger partial charge in [0.25, 0.3) is 0 Å². The lowest BCUT2D eigenvalue weighted by molar-refractivity contribution is -0.116. The third kappa shape index (κ3) is 4.36. The van der Waals surface area contributed by atoms with Crippen molar-refractivity contribution < 1.29 is 9.90 Å². The molecule has 1 amide bonds. The third-order valence-electron chi connectivity index (χ3n) is 4.19. The van der Waals surface area contributed by atoms with E-state index < -0.39 is 0 Å². The Morgan fingerprint density at radius 3 is 2.96 bits per heavy atom. The van der Waals surface area contributed by atoms with Gasteiger partial charge < -0.3 is 10.4 Å². The van der Waals surface area contributed by atoms with Crippen LogP contribution in [0.5, 0.6) is 0 Å². The molecule has 1 aliphatic carbocycles. The highest BCUT2D eigenvalue weighted by atomic mass is 16.3. The molecule has 5 heteroatoms. The van der Waals surface area contributed by atoms with E-state index in [-0.39, 0.29) is 12.0 Å². The van der Waals surface area contributed by atoms with Gasteiger partial charge in [0, 0.05) is 12.6 Å². The van der Waals surface area contributed by atoms with Gasteiger partial charge in [-0.15, -0.1) is 0 Å². The van der Waals surface area contributed by atoms with Gasteiger partial charge in [-0.1, -0.05) is 18.6 Å². The van der Waals surface area contributed by atoms with Crippen molar-refractivity contribution in [1.82, 2.24) is 15.3 Å². The molecule has 1 aromatic heterocycles. The highest BCUT2D eigenvalue weighted by Crippen LogP contribution is 2.23. The molecule has 1 saturated carbocycles. The molecular formula is C18H21N3O2. The fourth-order valence-electron chi connectivity index (χ4n) is 2.96. The Bertz CT molecular complexity index is 714. The zero-order valence-corrected chi connectivity index (χ0v) is 13.0. The van der Waals surface area contributed by atoms with Crippen LogP contribution in [0.2, 0.25) is 0 Å². The number of aromatic nitrogens is 2. The number of rotatable bonds is 4. The summed E-state index contributed by atoms with van der Waals surface area (Å²) >= 11 is 0. The van der Waals surface area contributed by atoms with E-state index >= 15 is 0 Å². The van der Waals surface area contributed by atoms with Crippen molar-refractivity contribution in [2.75, 3.05) is 6.54 Å². The molecule has 0 aliphatic heterocycles. The average molecular weight is 311 g/mol. The first-order valence-corrected chi connectivity index (χ1v) is 8.06. The van der Waals surface area contributed by atoms with Crippen molar-refractivity contribution >= 4 is 23.0 Å². The Hall–Kier alpha value is -2.27. The number of para-hydroxylation sites is 2. The number of aliphatic hydroxyl groups is 1. The quantitative estimate of drug-likeness (QED) is 0.850. The fraction of sp³-hybridized carbons (Fsp3) is 0.389. The zero-order valence-electron chi connectivity index (χ0n) is 13.0. The monoisotopic (exact) mass is 311 g/mol. The summed E-state index contributed by atoms with van der Waals surface area (Å²) in [5.74, 6) is 0.233. The van der Waals surface area contributed by atoms with Gasteiger partial charge in [0.15, 0.2) is 0 Å². The molecule has 2 unspecified atom stereocenters. The standard InChI is InChI=1S/C18H21N3O2/c22-15-5-3-4-13(10-15)11-20-18(23)9-8-14-12-19-16-6-1-2-7-17(16)21-14/h1-2,6-9,12-13,15,22H,3-5,10-11H2,(H,20,23). The first kappa shape index (κ1) is 15.6. The van der Waals surface area contributed by atoms with Crippen molar-refractivity contribution in [3.05, 3.63) is 42.2 Å². The molecule has 5 nitrogen and oxygen atoms in total. The summed E-state index contributed by atoms with van der Waals surface area (Å²) in [6, 6.07) is 7.63. The number of hydrogen-bond acceptors (Lipinski definition) is 4. The molecule has 1 aliphatic rings. The van der Waals surface area contributed by atoms with Crippen LogP contribution in [0, 0.1) is 5.92 Å². The van der Waals surface area contributed by atoms with E-state index in [1.165, 1.54) is 6.08 Å². The summed E-state index contributed by atoms with van der Waals surface area (Å²) in [6.45, 7) is 0.615. The molecule has 0 radical (unpaired) electrons. The SMILES string of the molecule is O=C(C=Cc1cnc2ccccc2n1)NCC1CCCC(O)C1. The summed E-state index contributed by atoms with van der Waals surface area (Å²) < 4.78 is 0. The molecule has 0 saturated heterocycles. The maximum atomic E-state index is 11.9. The third-order valence-corrected chi connectivity index (χ3v) is 4.19. The highest BCUT2D eigenvalue weighted by molar-refractivity contribution is 5.91. The number of hydrogen-bond donors (Lipinski definition) is 2. The van der Waals surface area contributed by atoms with Crippen molar-refractivity contribution in [1.29, 1.82) is 0 Å². The van der Waals surface area contributed by atoms with E-state index in [1.54, 1.807) is 12.3 Å². The van der Waals surface area contributed by atoms with E-state index in [2.05, 4.69) is 15.3 Å². The lowest BCUT2D eigenvalue weighted by Gasteiger charge is -2.25. The van der Waals surface area contributed by atoms with Gasteiger partial charge >= 0.3 is 0 Å². The normalized spacial score (nSPS) is 21.6. The molecule has 23 heavy (non-hydrogen) atoms. The van der Waals surface area contributed by atoms with Gasteiger partial charge in [-0.3, -0.25) is 9.78 Å². The van der Waals surface area contributed by atoms with Crippen molar-refractivity contribution in [3.63, 3.8) is 0 Å². The van der Waals surface area contributed by atoms with Crippen LogP contribution in [0.3, 0.4) is 0 Å². The second-order valence-corrected chi connectivity index (χ2v) is 6.05. The minimum atomic E-state index is -0.214. The Kier molecular flexibility index (Phi) is 4.98. The second kappa shape index (κ2) is 7.33. The average Bonchev–Trinajstić information content (AvgIpc) is 2.58. The van der Waals surface area contributed by atoms with E-state index in [9.17, 15) is 9.90 Å². The predicted molar refractivity (Wildman–Crippen MR) is 89.5 cm³/mol. The molecule has 2 atom stereocenters. The number of amides is 1. The van der Waals surface area contributed by atoms with Crippen molar-refractivity contribution in [3.8, 4) is 0 Å². The topological polar surface area (TPSA) is 75.1 Å². The number of carbonyl (C=O) groups is 1. The number of benzene rings is 1. The van der Waals surface area contributed by atoms with Crippen LogP contribution in [0.1, 0.15) is 31.4 Å². The summed E-state index contributed by atoms with van der Waals surface area (Å²) in [7, 11) is 0. The van der Waals surface area contributed by atoms with Crippen LogP contribution in [-0.2, 0) is 4.79 Å². The summed E-state index contributed by atoms with van der Waals surface area (Å²) in [5, 5.41) is 12.5. The van der Waals surface area contributed by atoms with Crippen LogP contribution in [0.15, 0.2) is 36.5 Å². The minimum Gasteiger partial charge on any atom is -0.393 e. The maximum Gasteiger partial charge on any atom is 0.244 e. The number of aliphatic hydroxyl groups excluding tert-OH is 1. The van der Waals surface area contributed by atoms with Crippen molar-refractivity contribution in [2.45, 2.75) is 31.8 Å². The smallest absolute Gasteiger partial charge is 0.244 e. The number of fused-ring (bicyclic) bond motifs is 1. The van der Waals surface area contributed by atoms with Crippen LogP contribution < -0.4 is 5.32 Å². The van der Waals surface area contributed by atoms with E-state index in [4.69, 9.17) is 0 Å². The van der Waals surface area contributed by atoms with Crippen molar-refractivity contribution in [2.24, 2.45) is 5.92 Å². The molecule has 1 heterocycles. The Morgan fingerprint density at radius 2 is 2.13 bits per heavy atom. The van der Waals surface area contributed by atoms with Gasteiger partial charge in [0.2, 0.25) is 5.91 Å². The van der Waals surface area contributed by atoms with E-state index in [1.807, 2.05) is 24.3 Å². The van der Waals surface area contributed by atoms with Gasteiger partial charge in [0.1, 0.15) is 0 Å². The van der Waals surface area contributed by atoms with Crippen LogP contribution in [0.25, 0.3) is 17.1 Å². The van der Waals surface area contributed by atoms with Crippen LogP contribution in [-0.4, -0.2) is 33.6 Å². The first-order chi connectivity index (χ1) is 11.2. The molecule has 3 rings (SSSR count). The Labute approximate surface area is 135 Å².